The van der Waals surface area contributed by atoms with Gasteiger partial charge in [0.15, 0.2) is 0 Å². The van der Waals surface area contributed by atoms with Gasteiger partial charge in [-0.1, -0.05) is 43.5 Å². The van der Waals surface area contributed by atoms with Crippen molar-refractivity contribution in [1.82, 2.24) is 9.59 Å². The Balaban J connectivity index is 2.07. The van der Waals surface area contributed by atoms with E-state index in [0.717, 1.165) is 32.9 Å². The van der Waals surface area contributed by atoms with Crippen LogP contribution in [0.1, 0.15) is 48.7 Å². The molecule has 4 nitrogen and oxygen atoms in total. The second-order valence-corrected chi connectivity index (χ2v) is 7.14. The summed E-state index contributed by atoms with van der Waals surface area (Å²) >= 11 is 1.35. The standard InChI is InChI=1S/C16H19N3OS/c1-9-6-5-7-10-8-11(20-13(9)10)12(17)14-15(16(2,3)4)18-19-21-14/h5-8,12H,17H2,1-4H3. The number of nitrogens with two attached hydrogens (primary N) is 1. The van der Waals surface area contributed by atoms with Crippen LogP contribution in [0.25, 0.3) is 11.0 Å². The van der Waals surface area contributed by atoms with Crippen LogP contribution in [-0.2, 0) is 5.41 Å². The number of rotatable bonds is 2. The molecule has 21 heavy (non-hydrogen) atoms. The highest BCUT2D eigenvalue weighted by Crippen LogP contribution is 2.34. The van der Waals surface area contributed by atoms with Crippen LogP contribution < -0.4 is 5.73 Å². The van der Waals surface area contributed by atoms with Crippen LogP contribution in [0.15, 0.2) is 28.7 Å². The van der Waals surface area contributed by atoms with E-state index in [1.807, 2.05) is 31.2 Å². The predicted molar refractivity (Wildman–Crippen MR) is 85.6 cm³/mol. The first kappa shape index (κ1) is 14.2. The third-order valence-corrected chi connectivity index (χ3v) is 4.38. The fraction of sp³-hybridized carbons (Fsp3) is 0.375. The Morgan fingerprint density at radius 2 is 2.05 bits per heavy atom. The molecule has 1 atom stereocenters. The Bertz CT molecular complexity index is 782. The molecule has 0 aliphatic carbocycles. The van der Waals surface area contributed by atoms with Crippen LogP contribution >= 0.6 is 11.5 Å². The first-order valence-corrected chi connectivity index (χ1v) is 7.72. The minimum Gasteiger partial charge on any atom is -0.459 e. The molecule has 0 fully saturated rings. The van der Waals surface area contributed by atoms with Crippen molar-refractivity contribution in [3.05, 3.63) is 46.2 Å². The highest BCUT2D eigenvalue weighted by Gasteiger charge is 2.28. The largest absolute Gasteiger partial charge is 0.459 e. The Labute approximate surface area is 128 Å². The maximum absolute atomic E-state index is 6.41. The fourth-order valence-electron chi connectivity index (χ4n) is 2.43. The van der Waals surface area contributed by atoms with Crippen molar-refractivity contribution in [2.45, 2.75) is 39.2 Å². The molecule has 2 heterocycles. The number of hydrogen-bond acceptors (Lipinski definition) is 5. The van der Waals surface area contributed by atoms with Gasteiger partial charge in [0.1, 0.15) is 17.4 Å². The lowest BCUT2D eigenvalue weighted by atomic mass is 9.90. The van der Waals surface area contributed by atoms with Gasteiger partial charge in [-0.25, -0.2) is 0 Å². The topological polar surface area (TPSA) is 64.9 Å². The third kappa shape index (κ3) is 2.47. The minimum atomic E-state index is -0.328. The number of benzene rings is 1. The van der Waals surface area contributed by atoms with E-state index in [4.69, 9.17) is 10.2 Å². The molecule has 0 amide bonds. The molecule has 1 aromatic carbocycles. The lowest BCUT2D eigenvalue weighted by molar-refractivity contribution is 0.512. The molecule has 0 aliphatic heterocycles. The number of furan rings is 1. The van der Waals surface area contributed by atoms with Gasteiger partial charge in [0.05, 0.1) is 10.6 Å². The third-order valence-electron chi connectivity index (χ3n) is 3.57. The molecule has 0 saturated heterocycles. The van der Waals surface area contributed by atoms with Gasteiger partial charge in [-0.2, -0.15) is 0 Å². The predicted octanol–water partition coefficient (Wildman–Crippen LogP) is 3.94. The highest BCUT2D eigenvalue weighted by atomic mass is 32.1. The summed E-state index contributed by atoms with van der Waals surface area (Å²) in [6.45, 7) is 8.38. The van der Waals surface area contributed by atoms with Crippen molar-refractivity contribution in [3.8, 4) is 0 Å². The van der Waals surface area contributed by atoms with Crippen LogP contribution in [0.5, 0.6) is 0 Å². The maximum atomic E-state index is 6.41. The van der Waals surface area contributed by atoms with Gasteiger partial charge in [-0.15, -0.1) is 5.10 Å². The monoisotopic (exact) mass is 301 g/mol. The SMILES string of the molecule is Cc1cccc2cc(C(N)c3snnc3C(C)(C)C)oc12. The molecule has 1 unspecified atom stereocenters. The van der Waals surface area contributed by atoms with Crippen LogP contribution in [0.2, 0.25) is 0 Å². The van der Waals surface area contributed by atoms with Crippen LogP contribution in [0.3, 0.4) is 0 Å². The summed E-state index contributed by atoms with van der Waals surface area (Å²) < 4.78 is 10.1. The van der Waals surface area contributed by atoms with E-state index >= 15 is 0 Å². The fourth-order valence-corrected chi connectivity index (χ4v) is 3.31. The molecule has 3 rings (SSSR count). The van der Waals surface area contributed by atoms with E-state index in [1.54, 1.807) is 0 Å². The maximum Gasteiger partial charge on any atom is 0.137 e. The summed E-state index contributed by atoms with van der Waals surface area (Å²) in [5.74, 6) is 0.760. The summed E-state index contributed by atoms with van der Waals surface area (Å²) in [7, 11) is 0. The van der Waals surface area contributed by atoms with Crippen molar-refractivity contribution < 1.29 is 4.42 Å². The number of fused-ring (bicyclic) bond motifs is 1. The number of nitrogens with zero attached hydrogens (tertiary/aromatic N) is 2. The number of hydrogen-bond donors (Lipinski definition) is 1. The van der Waals surface area contributed by atoms with Gasteiger partial charge in [-0.05, 0) is 30.1 Å². The molecular weight excluding hydrogens is 282 g/mol. The molecule has 0 saturated carbocycles. The van der Waals surface area contributed by atoms with Crippen molar-refractivity contribution in [2.24, 2.45) is 5.73 Å². The second kappa shape index (κ2) is 4.93. The van der Waals surface area contributed by atoms with Crippen LogP contribution in [-0.4, -0.2) is 9.59 Å². The molecule has 0 aliphatic rings. The van der Waals surface area contributed by atoms with Gasteiger partial charge < -0.3 is 10.2 Å². The Kier molecular flexibility index (Phi) is 3.34. The number of para-hydroxylation sites is 1. The number of aryl methyl sites for hydroxylation is 1. The molecule has 2 aromatic heterocycles. The van der Waals surface area contributed by atoms with E-state index < -0.39 is 0 Å². The van der Waals surface area contributed by atoms with Crippen molar-refractivity contribution in [2.75, 3.05) is 0 Å². The Morgan fingerprint density at radius 1 is 1.29 bits per heavy atom. The van der Waals surface area contributed by atoms with Gasteiger partial charge in [0.2, 0.25) is 0 Å². The average Bonchev–Trinajstić information content (AvgIpc) is 3.04. The summed E-state index contributed by atoms with van der Waals surface area (Å²) in [5.41, 5.74) is 9.29. The smallest absolute Gasteiger partial charge is 0.137 e. The van der Waals surface area contributed by atoms with Crippen molar-refractivity contribution >= 4 is 22.5 Å². The molecule has 110 valence electrons. The molecule has 0 radical (unpaired) electrons. The first-order chi connectivity index (χ1) is 9.88. The van der Waals surface area contributed by atoms with Gasteiger partial charge >= 0.3 is 0 Å². The van der Waals surface area contributed by atoms with E-state index in [9.17, 15) is 0 Å². The van der Waals surface area contributed by atoms with E-state index in [0.29, 0.717) is 0 Å². The molecule has 2 N–H and O–H groups in total. The summed E-state index contributed by atoms with van der Waals surface area (Å²) in [4.78, 5) is 0.971. The molecule has 5 heteroatoms. The zero-order valence-corrected chi connectivity index (χ0v) is 13.5. The van der Waals surface area contributed by atoms with Gasteiger partial charge in [-0.3, -0.25) is 0 Å². The zero-order valence-electron chi connectivity index (χ0n) is 12.7. The van der Waals surface area contributed by atoms with E-state index in [1.165, 1.54) is 11.5 Å². The lowest BCUT2D eigenvalue weighted by Gasteiger charge is -2.18. The van der Waals surface area contributed by atoms with Gasteiger partial charge in [0, 0.05) is 10.8 Å². The van der Waals surface area contributed by atoms with Crippen molar-refractivity contribution in [3.63, 3.8) is 0 Å². The molecule has 0 bridgehead atoms. The Hall–Kier alpha value is -1.72. The minimum absolute atomic E-state index is 0.0815. The lowest BCUT2D eigenvalue weighted by Crippen LogP contribution is -2.19. The number of aromatic nitrogens is 2. The quantitative estimate of drug-likeness (QED) is 0.778. The van der Waals surface area contributed by atoms with Crippen molar-refractivity contribution in [1.29, 1.82) is 0 Å². The zero-order chi connectivity index (χ0) is 15.2. The van der Waals surface area contributed by atoms with Gasteiger partial charge in [0.25, 0.3) is 0 Å². The van der Waals surface area contributed by atoms with E-state index in [2.05, 4.69) is 30.4 Å². The average molecular weight is 301 g/mol. The summed E-state index contributed by atoms with van der Waals surface area (Å²) in [6, 6.07) is 7.79. The summed E-state index contributed by atoms with van der Waals surface area (Å²) in [5, 5.41) is 5.33. The normalized spacial score (nSPS) is 13.8. The van der Waals surface area contributed by atoms with E-state index in [-0.39, 0.29) is 11.5 Å². The Morgan fingerprint density at radius 3 is 2.71 bits per heavy atom. The molecular formula is C16H19N3OS. The molecule has 0 spiro atoms. The summed E-state index contributed by atoms with van der Waals surface area (Å²) in [6.07, 6.45) is 0. The van der Waals surface area contributed by atoms with Crippen LogP contribution in [0.4, 0.5) is 0 Å². The second-order valence-electron chi connectivity index (χ2n) is 6.36. The first-order valence-electron chi connectivity index (χ1n) is 6.95. The van der Waals surface area contributed by atoms with Crippen LogP contribution in [0, 0.1) is 6.92 Å². The molecule has 3 aromatic rings. The highest BCUT2D eigenvalue weighted by molar-refractivity contribution is 7.05.